The molecule has 7 nitrogen and oxygen atoms in total. The lowest BCUT2D eigenvalue weighted by atomic mass is 10.1. The van der Waals surface area contributed by atoms with Gasteiger partial charge in [0, 0.05) is 19.6 Å². The van der Waals surface area contributed by atoms with E-state index in [2.05, 4.69) is 10.1 Å². The molecule has 2 aromatic rings. The summed E-state index contributed by atoms with van der Waals surface area (Å²) < 4.78 is 10.9. The number of carbonyl (C=O) groups excluding carboxylic acids is 1. The highest BCUT2D eigenvalue weighted by Crippen LogP contribution is 2.27. The van der Waals surface area contributed by atoms with E-state index in [4.69, 9.17) is 15.0 Å². The van der Waals surface area contributed by atoms with Crippen molar-refractivity contribution >= 4 is 5.91 Å². The standard InChI is InChI=1S/C18H24N4O3/c1-2-22(11-13-6-4-3-5-7-13)17(23)9-16-20-18(25-21-16)14-8-15(10-19)24-12-14/h3-7,14-15H,2,8-12,19H2,1H3/t14-,15-/m0/s1. The van der Waals surface area contributed by atoms with E-state index in [1.54, 1.807) is 4.90 Å². The lowest BCUT2D eigenvalue weighted by Gasteiger charge is -2.20. The molecule has 1 aromatic carbocycles. The first-order valence-corrected chi connectivity index (χ1v) is 8.65. The van der Waals surface area contributed by atoms with Crippen molar-refractivity contribution in [1.29, 1.82) is 0 Å². The fourth-order valence-corrected chi connectivity index (χ4v) is 2.97. The molecule has 1 aromatic heterocycles. The number of rotatable bonds is 7. The van der Waals surface area contributed by atoms with Gasteiger partial charge in [0.05, 0.1) is 25.0 Å². The Bertz CT molecular complexity index is 689. The van der Waals surface area contributed by atoms with Crippen LogP contribution in [-0.4, -0.2) is 46.7 Å². The SMILES string of the molecule is CCN(Cc1ccccc1)C(=O)Cc1noc([C@@H]2CO[C@H](CN)C2)n1. The topological polar surface area (TPSA) is 94.5 Å². The zero-order valence-corrected chi connectivity index (χ0v) is 14.4. The quantitative estimate of drug-likeness (QED) is 0.818. The zero-order chi connectivity index (χ0) is 17.6. The van der Waals surface area contributed by atoms with Gasteiger partial charge >= 0.3 is 0 Å². The van der Waals surface area contributed by atoms with E-state index in [0.29, 0.717) is 38.0 Å². The molecule has 134 valence electrons. The molecule has 1 saturated heterocycles. The molecule has 2 N–H and O–H groups in total. The number of hydrogen-bond acceptors (Lipinski definition) is 6. The van der Waals surface area contributed by atoms with Crippen LogP contribution < -0.4 is 5.73 Å². The third kappa shape index (κ3) is 4.43. The van der Waals surface area contributed by atoms with Crippen LogP contribution in [0, 0.1) is 0 Å². The summed E-state index contributed by atoms with van der Waals surface area (Å²) in [6.07, 6.45) is 0.961. The number of likely N-dealkylation sites (N-methyl/N-ethyl adjacent to an activating group) is 1. The van der Waals surface area contributed by atoms with E-state index < -0.39 is 0 Å². The highest BCUT2D eigenvalue weighted by Gasteiger charge is 2.30. The molecule has 1 amide bonds. The summed E-state index contributed by atoms with van der Waals surface area (Å²) in [5, 5.41) is 3.95. The van der Waals surface area contributed by atoms with Crippen molar-refractivity contribution in [2.45, 2.75) is 38.3 Å². The van der Waals surface area contributed by atoms with Crippen molar-refractivity contribution in [1.82, 2.24) is 15.0 Å². The Balaban J connectivity index is 1.59. The molecule has 25 heavy (non-hydrogen) atoms. The van der Waals surface area contributed by atoms with Gasteiger partial charge in [-0.2, -0.15) is 4.98 Å². The van der Waals surface area contributed by atoms with E-state index >= 15 is 0 Å². The molecular formula is C18H24N4O3. The van der Waals surface area contributed by atoms with E-state index in [-0.39, 0.29) is 24.3 Å². The van der Waals surface area contributed by atoms with Crippen LogP contribution in [0.4, 0.5) is 0 Å². The summed E-state index contributed by atoms with van der Waals surface area (Å²) in [6.45, 7) is 4.20. The van der Waals surface area contributed by atoms with Gasteiger partial charge in [0.2, 0.25) is 11.8 Å². The maximum Gasteiger partial charge on any atom is 0.232 e. The fourth-order valence-electron chi connectivity index (χ4n) is 2.97. The number of carbonyl (C=O) groups is 1. The summed E-state index contributed by atoms with van der Waals surface area (Å²) in [5.41, 5.74) is 6.71. The van der Waals surface area contributed by atoms with Crippen LogP contribution in [-0.2, 0) is 22.5 Å². The van der Waals surface area contributed by atoms with Crippen LogP contribution in [0.1, 0.15) is 36.5 Å². The number of hydrogen-bond donors (Lipinski definition) is 1. The Morgan fingerprint density at radius 3 is 2.84 bits per heavy atom. The Kier molecular flexibility index (Phi) is 5.78. The molecule has 7 heteroatoms. The third-order valence-corrected chi connectivity index (χ3v) is 4.44. The van der Waals surface area contributed by atoms with Crippen LogP contribution in [0.15, 0.2) is 34.9 Å². The van der Waals surface area contributed by atoms with E-state index in [0.717, 1.165) is 12.0 Å². The number of nitrogens with two attached hydrogens (primary N) is 1. The Morgan fingerprint density at radius 2 is 2.16 bits per heavy atom. The Hall–Kier alpha value is -2.25. The first kappa shape index (κ1) is 17.6. The van der Waals surface area contributed by atoms with Gasteiger partial charge in [0.15, 0.2) is 5.82 Å². The minimum Gasteiger partial charge on any atom is -0.376 e. The van der Waals surface area contributed by atoms with Crippen molar-refractivity contribution in [2.75, 3.05) is 19.7 Å². The van der Waals surface area contributed by atoms with E-state index in [9.17, 15) is 4.79 Å². The van der Waals surface area contributed by atoms with Gasteiger partial charge in [-0.15, -0.1) is 0 Å². The van der Waals surface area contributed by atoms with Crippen LogP contribution >= 0.6 is 0 Å². The van der Waals surface area contributed by atoms with Crippen LogP contribution in [0.5, 0.6) is 0 Å². The second-order valence-corrected chi connectivity index (χ2v) is 6.24. The van der Waals surface area contributed by atoms with Gasteiger partial charge in [0.1, 0.15) is 0 Å². The molecule has 1 aliphatic rings. The van der Waals surface area contributed by atoms with Crippen molar-refractivity contribution in [3.8, 4) is 0 Å². The zero-order valence-electron chi connectivity index (χ0n) is 14.4. The van der Waals surface area contributed by atoms with Gasteiger partial charge in [-0.05, 0) is 18.9 Å². The van der Waals surface area contributed by atoms with E-state index in [1.807, 2.05) is 37.3 Å². The van der Waals surface area contributed by atoms with E-state index in [1.165, 1.54) is 0 Å². The maximum absolute atomic E-state index is 12.5. The van der Waals surface area contributed by atoms with Gasteiger partial charge in [-0.1, -0.05) is 35.5 Å². The van der Waals surface area contributed by atoms with Crippen molar-refractivity contribution in [3.05, 3.63) is 47.6 Å². The summed E-state index contributed by atoms with van der Waals surface area (Å²) in [7, 11) is 0. The molecule has 1 fully saturated rings. The molecule has 0 spiro atoms. The molecule has 0 radical (unpaired) electrons. The van der Waals surface area contributed by atoms with Crippen LogP contribution in [0.25, 0.3) is 0 Å². The minimum atomic E-state index is -0.0128. The fraction of sp³-hybridized carbons (Fsp3) is 0.500. The second kappa shape index (κ2) is 8.22. The van der Waals surface area contributed by atoms with Gasteiger partial charge < -0.3 is 19.9 Å². The summed E-state index contributed by atoms with van der Waals surface area (Å²) >= 11 is 0. The normalized spacial score (nSPS) is 19.9. The second-order valence-electron chi connectivity index (χ2n) is 6.24. The molecule has 3 rings (SSSR count). The van der Waals surface area contributed by atoms with Gasteiger partial charge in [-0.3, -0.25) is 4.79 Å². The van der Waals surface area contributed by atoms with Gasteiger partial charge in [0.25, 0.3) is 0 Å². The average Bonchev–Trinajstić information content (AvgIpc) is 3.29. The molecule has 2 atom stereocenters. The predicted octanol–water partition coefficient (Wildman–Crippen LogP) is 1.49. The monoisotopic (exact) mass is 344 g/mol. The largest absolute Gasteiger partial charge is 0.376 e. The predicted molar refractivity (Wildman–Crippen MR) is 91.7 cm³/mol. The third-order valence-electron chi connectivity index (χ3n) is 4.44. The van der Waals surface area contributed by atoms with Crippen LogP contribution in [0.2, 0.25) is 0 Å². The molecule has 0 saturated carbocycles. The number of nitrogens with zero attached hydrogens (tertiary/aromatic N) is 3. The molecule has 0 unspecified atom stereocenters. The molecule has 0 aliphatic carbocycles. The van der Waals surface area contributed by atoms with Crippen molar-refractivity contribution in [2.24, 2.45) is 5.73 Å². The first-order chi connectivity index (χ1) is 12.2. The van der Waals surface area contributed by atoms with Crippen LogP contribution in [0.3, 0.4) is 0 Å². The molecule has 2 heterocycles. The van der Waals surface area contributed by atoms with Crippen molar-refractivity contribution in [3.63, 3.8) is 0 Å². The highest BCUT2D eigenvalue weighted by atomic mass is 16.5. The highest BCUT2D eigenvalue weighted by molar-refractivity contribution is 5.77. The number of benzene rings is 1. The maximum atomic E-state index is 12.5. The summed E-state index contributed by atoms with van der Waals surface area (Å²) in [6, 6.07) is 9.92. The molecule has 1 aliphatic heterocycles. The first-order valence-electron chi connectivity index (χ1n) is 8.65. The average molecular weight is 344 g/mol. The lowest BCUT2D eigenvalue weighted by Crippen LogP contribution is -2.31. The number of aromatic nitrogens is 2. The number of amides is 1. The summed E-state index contributed by atoms with van der Waals surface area (Å²) in [4.78, 5) is 18.7. The smallest absolute Gasteiger partial charge is 0.232 e. The molecule has 0 bridgehead atoms. The molecular weight excluding hydrogens is 320 g/mol. The minimum absolute atomic E-state index is 0.0128. The van der Waals surface area contributed by atoms with Gasteiger partial charge in [-0.25, -0.2) is 0 Å². The van der Waals surface area contributed by atoms with Crippen molar-refractivity contribution < 1.29 is 14.1 Å². The Morgan fingerprint density at radius 1 is 1.36 bits per heavy atom. The number of ether oxygens (including phenoxy) is 1. The lowest BCUT2D eigenvalue weighted by molar-refractivity contribution is -0.131. The summed E-state index contributed by atoms with van der Waals surface area (Å²) in [5.74, 6) is 1.00. The Labute approximate surface area is 147 Å².